The van der Waals surface area contributed by atoms with Crippen LogP contribution in [0.25, 0.3) is 0 Å². The van der Waals surface area contributed by atoms with Gasteiger partial charge in [0.2, 0.25) is 5.91 Å². The van der Waals surface area contributed by atoms with Gasteiger partial charge >= 0.3 is 0 Å². The number of nitrogens with one attached hydrogen (secondary N) is 2. The Labute approximate surface area is 113 Å². The number of hydrogen-bond donors (Lipinski definition) is 2. The van der Waals surface area contributed by atoms with Gasteiger partial charge in [0.25, 0.3) is 0 Å². The molecule has 0 atom stereocenters. The molecule has 1 aliphatic rings. The fourth-order valence-corrected chi connectivity index (χ4v) is 1.64. The molecule has 0 unspecified atom stereocenters. The van der Waals surface area contributed by atoms with Crippen molar-refractivity contribution < 1.29 is 9.18 Å². The van der Waals surface area contributed by atoms with Gasteiger partial charge in [0, 0.05) is 5.69 Å². The van der Waals surface area contributed by atoms with E-state index in [0.717, 1.165) is 18.0 Å². The van der Waals surface area contributed by atoms with E-state index in [1.54, 1.807) is 6.07 Å². The Morgan fingerprint density at radius 2 is 2.17 bits per heavy atom. The highest BCUT2D eigenvalue weighted by Gasteiger charge is 2.20. The second kappa shape index (κ2) is 6.71. The summed E-state index contributed by atoms with van der Waals surface area (Å²) in [5.41, 5.74) is 1.41. The average molecular weight is 273 g/mol. The third kappa shape index (κ3) is 4.63. The lowest BCUT2D eigenvalue weighted by molar-refractivity contribution is -0.115. The van der Waals surface area contributed by atoms with Crippen molar-refractivity contribution in [1.29, 1.82) is 0 Å². The maximum Gasteiger partial charge on any atom is 0.238 e. The molecule has 1 aromatic carbocycles. The lowest BCUT2D eigenvalue weighted by Gasteiger charge is -2.09. The zero-order chi connectivity index (χ0) is 12.3. The molecule has 18 heavy (non-hydrogen) atoms. The predicted molar refractivity (Wildman–Crippen MR) is 72.6 cm³/mol. The second-order valence-corrected chi connectivity index (χ2v) is 4.58. The number of amides is 1. The molecule has 0 aliphatic heterocycles. The fourth-order valence-electron chi connectivity index (χ4n) is 1.64. The molecule has 0 aromatic heterocycles. The molecule has 2 rings (SSSR count). The minimum Gasteiger partial charge on any atom is -0.325 e. The first-order chi connectivity index (χ1) is 8.15. The van der Waals surface area contributed by atoms with Crippen molar-refractivity contribution in [2.75, 3.05) is 18.4 Å². The van der Waals surface area contributed by atoms with Gasteiger partial charge in [0.1, 0.15) is 5.82 Å². The van der Waals surface area contributed by atoms with E-state index in [1.165, 1.54) is 25.0 Å². The molecule has 0 spiro atoms. The fraction of sp³-hybridized carbons (Fsp3) is 0.462. The van der Waals surface area contributed by atoms with Crippen LogP contribution in [-0.2, 0) is 4.79 Å². The first-order valence-electron chi connectivity index (χ1n) is 5.92. The van der Waals surface area contributed by atoms with Gasteiger partial charge in [0.05, 0.1) is 6.54 Å². The summed E-state index contributed by atoms with van der Waals surface area (Å²) in [6.45, 7) is 3.02. The van der Waals surface area contributed by atoms with E-state index in [-0.39, 0.29) is 30.7 Å². The summed E-state index contributed by atoms with van der Waals surface area (Å²) in [5.74, 6) is 0.287. The van der Waals surface area contributed by atoms with Gasteiger partial charge in [-0.25, -0.2) is 4.39 Å². The number of carbonyl (C=O) groups is 1. The molecule has 3 nitrogen and oxygen atoms in total. The Kier molecular flexibility index (Phi) is 5.56. The third-order valence-corrected chi connectivity index (χ3v) is 2.89. The van der Waals surface area contributed by atoms with Crippen LogP contribution >= 0.6 is 12.4 Å². The maximum atomic E-state index is 13.0. The standard InChI is InChI=1S/C13H17FN2O.ClH/c1-9-2-5-11(14)6-12(9)16-13(17)8-15-7-10-3-4-10;/h2,5-6,10,15H,3-4,7-8H2,1H3,(H,16,17);1H. The highest BCUT2D eigenvalue weighted by molar-refractivity contribution is 5.92. The van der Waals surface area contributed by atoms with Crippen LogP contribution < -0.4 is 10.6 Å². The number of benzene rings is 1. The highest BCUT2D eigenvalue weighted by atomic mass is 35.5. The van der Waals surface area contributed by atoms with Crippen LogP contribution in [-0.4, -0.2) is 19.0 Å². The zero-order valence-electron chi connectivity index (χ0n) is 10.3. The zero-order valence-corrected chi connectivity index (χ0v) is 11.1. The number of hydrogen-bond acceptors (Lipinski definition) is 2. The monoisotopic (exact) mass is 272 g/mol. The van der Waals surface area contributed by atoms with E-state index in [9.17, 15) is 9.18 Å². The van der Waals surface area contributed by atoms with Crippen LogP contribution in [0.5, 0.6) is 0 Å². The predicted octanol–water partition coefficient (Wildman–Crippen LogP) is 2.49. The van der Waals surface area contributed by atoms with Gasteiger partial charge < -0.3 is 10.6 Å². The van der Waals surface area contributed by atoms with E-state index < -0.39 is 0 Å². The van der Waals surface area contributed by atoms with Crippen LogP contribution in [0.1, 0.15) is 18.4 Å². The summed E-state index contributed by atoms with van der Waals surface area (Å²) >= 11 is 0. The van der Waals surface area contributed by atoms with Gasteiger partial charge in [-0.2, -0.15) is 0 Å². The Hall–Kier alpha value is -1.13. The Morgan fingerprint density at radius 3 is 2.83 bits per heavy atom. The lowest BCUT2D eigenvalue weighted by atomic mass is 10.2. The first kappa shape index (κ1) is 14.9. The molecular weight excluding hydrogens is 255 g/mol. The van der Waals surface area contributed by atoms with Crippen molar-refractivity contribution in [3.05, 3.63) is 29.6 Å². The van der Waals surface area contributed by atoms with Crippen LogP contribution in [0.4, 0.5) is 10.1 Å². The lowest BCUT2D eigenvalue weighted by Crippen LogP contribution is -2.29. The molecular formula is C13H18ClFN2O. The topological polar surface area (TPSA) is 41.1 Å². The Morgan fingerprint density at radius 1 is 1.44 bits per heavy atom. The summed E-state index contributed by atoms with van der Waals surface area (Å²) in [6, 6.07) is 4.38. The van der Waals surface area contributed by atoms with E-state index in [0.29, 0.717) is 5.69 Å². The Balaban J connectivity index is 0.00000162. The van der Waals surface area contributed by atoms with Crippen molar-refractivity contribution >= 4 is 24.0 Å². The molecule has 0 heterocycles. The van der Waals surface area contributed by atoms with Crippen LogP contribution in [0.2, 0.25) is 0 Å². The van der Waals surface area contributed by atoms with Crippen LogP contribution in [0.15, 0.2) is 18.2 Å². The van der Waals surface area contributed by atoms with Crippen molar-refractivity contribution in [3.8, 4) is 0 Å². The molecule has 0 bridgehead atoms. The van der Waals surface area contributed by atoms with E-state index in [1.807, 2.05) is 6.92 Å². The van der Waals surface area contributed by atoms with Crippen molar-refractivity contribution in [2.24, 2.45) is 5.92 Å². The number of aryl methyl sites for hydroxylation is 1. The summed E-state index contributed by atoms with van der Waals surface area (Å²) in [7, 11) is 0. The molecule has 5 heteroatoms. The molecule has 0 saturated heterocycles. The molecule has 1 aromatic rings. The molecule has 1 saturated carbocycles. The third-order valence-electron chi connectivity index (χ3n) is 2.89. The normalized spacial score (nSPS) is 13.9. The number of rotatable bonds is 5. The minimum atomic E-state index is -0.336. The summed E-state index contributed by atoms with van der Waals surface area (Å²) in [4.78, 5) is 11.6. The van der Waals surface area contributed by atoms with Gasteiger partial charge in [-0.3, -0.25) is 4.79 Å². The average Bonchev–Trinajstić information content (AvgIpc) is 3.07. The van der Waals surface area contributed by atoms with Crippen molar-refractivity contribution in [1.82, 2.24) is 5.32 Å². The quantitative estimate of drug-likeness (QED) is 0.865. The summed E-state index contributed by atoms with van der Waals surface area (Å²) in [5, 5.41) is 5.80. The van der Waals surface area contributed by atoms with E-state index in [2.05, 4.69) is 10.6 Å². The maximum absolute atomic E-state index is 13.0. The smallest absolute Gasteiger partial charge is 0.238 e. The van der Waals surface area contributed by atoms with E-state index >= 15 is 0 Å². The minimum absolute atomic E-state index is 0. The second-order valence-electron chi connectivity index (χ2n) is 4.58. The van der Waals surface area contributed by atoms with Gasteiger partial charge in [0.15, 0.2) is 0 Å². The SMILES string of the molecule is Cc1ccc(F)cc1NC(=O)CNCC1CC1.Cl. The largest absolute Gasteiger partial charge is 0.325 e. The number of anilines is 1. The van der Waals surface area contributed by atoms with Crippen LogP contribution in [0.3, 0.4) is 0 Å². The Bertz CT molecular complexity index is 421. The first-order valence-corrected chi connectivity index (χ1v) is 5.92. The summed E-state index contributed by atoms with van der Waals surface area (Å²) < 4.78 is 13.0. The van der Waals surface area contributed by atoms with Crippen LogP contribution in [0, 0.1) is 18.7 Å². The van der Waals surface area contributed by atoms with Gasteiger partial charge in [-0.05, 0) is 49.9 Å². The highest BCUT2D eigenvalue weighted by Crippen LogP contribution is 2.27. The van der Waals surface area contributed by atoms with Crippen molar-refractivity contribution in [3.63, 3.8) is 0 Å². The van der Waals surface area contributed by atoms with Gasteiger partial charge in [-0.15, -0.1) is 12.4 Å². The molecule has 100 valence electrons. The molecule has 1 amide bonds. The van der Waals surface area contributed by atoms with Crippen molar-refractivity contribution in [2.45, 2.75) is 19.8 Å². The molecule has 1 aliphatic carbocycles. The molecule has 1 fully saturated rings. The molecule has 0 radical (unpaired) electrons. The number of carbonyl (C=O) groups excluding carboxylic acids is 1. The summed E-state index contributed by atoms with van der Waals surface area (Å²) in [6.07, 6.45) is 2.52. The molecule has 2 N–H and O–H groups in total. The number of halogens is 2. The van der Waals surface area contributed by atoms with Gasteiger partial charge in [-0.1, -0.05) is 6.07 Å². The van der Waals surface area contributed by atoms with E-state index in [4.69, 9.17) is 0 Å².